The van der Waals surface area contributed by atoms with E-state index in [0.717, 1.165) is 11.3 Å². The molecule has 0 saturated heterocycles. The molecule has 0 radical (unpaired) electrons. The molecule has 5 heteroatoms. The first-order valence-corrected chi connectivity index (χ1v) is 6.97. The van der Waals surface area contributed by atoms with Gasteiger partial charge in [-0.3, -0.25) is 4.79 Å². The molecule has 0 heterocycles. The molecule has 0 saturated carbocycles. The van der Waals surface area contributed by atoms with Crippen molar-refractivity contribution in [3.8, 4) is 5.75 Å². The highest BCUT2D eigenvalue weighted by atomic mass is 16.5. The molecule has 0 bridgehead atoms. The molecule has 0 aliphatic carbocycles. The smallest absolute Gasteiger partial charge is 0.325 e. The van der Waals surface area contributed by atoms with Gasteiger partial charge in [-0.25, -0.2) is 0 Å². The average Bonchev–Trinajstić information content (AvgIpc) is 2.46. The Balaban J connectivity index is 2.70. The topological polar surface area (TPSA) is 56.8 Å². The Kier molecular flexibility index (Phi) is 6.65. The maximum absolute atomic E-state index is 11.8. The molecule has 2 unspecified atom stereocenters. The SMILES string of the molecule is CNC(C)(CC(C)Oc1cccc(COC)c1)C(=O)OC. The highest BCUT2D eigenvalue weighted by molar-refractivity contribution is 5.80. The van der Waals surface area contributed by atoms with Crippen LogP contribution in [0.25, 0.3) is 0 Å². The van der Waals surface area contributed by atoms with E-state index in [1.165, 1.54) is 7.11 Å². The van der Waals surface area contributed by atoms with Crippen molar-refractivity contribution in [1.29, 1.82) is 0 Å². The lowest BCUT2D eigenvalue weighted by Gasteiger charge is -2.29. The summed E-state index contributed by atoms with van der Waals surface area (Å²) in [5.74, 6) is 0.467. The van der Waals surface area contributed by atoms with Crippen LogP contribution in [0.3, 0.4) is 0 Å². The van der Waals surface area contributed by atoms with Gasteiger partial charge in [0.15, 0.2) is 0 Å². The van der Waals surface area contributed by atoms with E-state index in [1.807, 2.05) is 31.2 Å². The predicted octanol–water partition coefficient (Wildman–Crippen LogP) is 2.14. The third kappa shape index (κ3) is 5.02. The fourth-order valence-electron chi connectivity index (χ4n) is 2.24. The molecule has 1 aromatic carbocycles. The molecule has 0 amide bonds. The van der Waals surface area contributed by atoms with Crippen LogP contribution in [0.4, 0.5) is 0 Å². The average molecular weight is 295 g/mol. The van der Waals surface area contributed by atoms with Crippen molar-refractivity contribution in [3.63, 3.8) is 0 Å². The third-order valence-corrected chi connectivity index (χ3v) is 3.43. The summed E-state index contributed by atoms with van der Waals surface area (Å²) in [6, 6.07) is 7.74. The number of hydrogen-bond acceptors (Lipinski definition) is 5. The molecule has 118 valence electrons. The van der Waals surface area contributed by atoms with Crippen LogP contribution in [-0.4, -0.2) is 38.9 Å². The molecule has 0 aliphatic rings. The summed E-state index contributed by atoms with van der Waals surface area (Å²) < 4.78 is 15.8. The van der Waals surface area contributed by atoms with Crippen LogP contribution < -0.4 is 10.1 Å². The van der Waals surface area contributed by atoms with Crippen molar-refractivity contribution in [3.05, 3.63) is 29.8 Å². The van der Waals surface area contributed by atoms with Gasteiger partial charge in [0.2, 0.25) is 0 Å². The first kappa shape index (κ1) is 17.5. The van der Waals surface area contributed by atoms with Gasteiger partial charge in [0.1, 0.15) is 11.3 Å². The van der Waals surface area contributed by atoms with E-state index in [-0.39, 0.29) is 12.1 Å². The van der Waals surface area contributed by atoms with Crippen LogP contribution in [0.15, 0.2) is 24.3 Å². The molecule has 2 atom stereocenters. The Morgan fingerprint density at radius 1 is 1.38 bits per heavy atom. The van der Waals surface area contributed by atoms with E-state index in [4.69, 9.17) is 14.2 Å². The number of esters is 1. The van der Waals surface area contributed by atoms with Crippen LogP contribution in [0, 0.1) is 0 Å². The normalized spacial score (nSPS) is 15.1. The van der Waals surface area contributed by atoms with Crippen molar-refractivity contribution in [2.75, 3.05) is 21.3 Å². The summed E-state index contributed by atoms with van der Waals surface area (Å²) in [6.07, 6.45) is 0.365. The van der Waals surface area contributed by atoms with E-state index >= 15 is 0 Å². The van der Waals surface area contributed by atoms with Crippen molar-refractivity contribution in [2.45, 2.75) is 38.5 Å². The molecule has 5 nitrogen and oxygen atoms in total. The predicted molar refractivity (Wildman–Crippen MR) is 81.3 cm³/mol. The Hall–Kier alpha value is -1.59. The van der Waals surface area contributed by atoms with Crippen LogP contribution >= 0.6 is 0 Å². The molecule has 0 fully saturated rings. The summed E-state index contributed by atoms with van der Waals surface area (Å²) in [4.78, 5) is 11.8. The van der Waals surface area contributed by atoms with Gasteiger partial charge in [-0.05, 0) is 38.6 Å². The van der Waals surface area contributed by atoms with Crippen molar-refractivity contribution in [1.82, 2.24) is 5.32 Å². The van der Waals surface area contributed by atoms with Gasteiger partial charge < -0.3 is 19.5 Å². The van der Waals surface area contributed by atoms with Gasteiger partial charge in [0.05, 0.1) is 19.8 Å². The number of rotatable bonds is 8. The second kappa shape index (κ2) is 8.00. The number of methoxy groups -OCH3 is 2. The van der Waals surface area contributed by atoms with Gasteiger partial charge in [-0.1, -0.05) is 12.1 Å². The number of carbonyl (C=O) groups excluding carboxylic acids is 1. The monoisotopic (exact) mass is 295 g/mol. The van der Waals surface area contributed by atoms with Crippen LogP contribution in [0.2, 0.25) is 0 Å². The molecular weight excluding hydrogens is 270 g/mol. The summed E-state index contributed by atoms with van der Waals surface area (Å²) in [7, 11) is 4.78. The highest BCUT2D eigenvalue weighted by Gasteiger charge is 2.34. The standard InChI is InChI=1S/C16H25NO4/c1-12(10-16(2,17-3)15(18)20-5)21-14-8-6-7-13(9-14)11-19-4/h6-9,12,17H,10-11H2,1-5H3. The van der Waals surface area contributed by atoms with Crippen LogP contribution in [-0.2, 0) is 20.9 Å². The van der Waals surface area contributed by atoms with Crippen LogP contribution in [0.1, 0.15) is 25.8 Å². The largest absolute Gasteiger partial charge is 0.491 e. The molecular formula is C16H25NO4. The first-order chi connectivity index (χ1) is 9.95. The third-order valence-electron chi connectivity index (χ3n) is 3.43. The fourth-order valence-corrected chi connectivity index (χ4v) is 2.24. The Bertz CT molecular complexity index is 463. The minimum absolute atomic E-state index is 0.139. The van der Waals surface area contributed by atoms with E-state index in [2.05, 4.69) is 5.32 Å². The lowest BCUT2D eigenvalue weighted by Crippen LogP contribution is -2.50. The minimum atomic E-state index is -0.766. The number of nitrogens with one attached hydrogen (secondary N) is 1. The van der Waals surface area contributed by atoms with Crippen molar-refractivity contribution >= 4 is 5.97 Å². The van der Waals surface area contributed by atoms with Gasteiger partial charge in [0.25, 0.3) is 0 Å². The number of benzene rings is 1. The zero-order chi connectivity index (χ0) is 15.9. The maximum Gasteiger partial charge on any atom is 0.325 e. The second-order valence-corrected chi connectivity index (χ2v) is 5.29. The van der Waals surface area contributed by atoms with E-state index < -0.39 is 5.54 Å². The van der Waals surface area contributed by atoms with Crippen molar-refractivity contribution < 1.29 is 19.0 Å². The summed E-state index contributed by atoms with van der Waals surface area (Å²) in [6.45, 7) is 4.28. The summed E-state index contributed by atoms with van der Waals surface area (Å²) >= 11 is 0. The Morgan fingerprint density at radius 2 is 2.10 bits per heavy atom. The molecule has 1 N–H and O–H groups in total. The Labute approximate surface area is 126 Å². The number of carbonyl (C=O) groups is 1. The van der Waals surface area contributed by atoms with E-state index in [0.29, 0.717) is 13.0 Å². The van der Waals surface area contributed by atoms with Crippen LogP contribution in [0.5, 0.6) is 5.75 Å². The molecule has 0 aromatic heterocycles. The van der Waals surface area contributed by atoms with Gasteiger partial charge in [-0.15, -0.1) is 0 Å². The molecule has 0 aliphatic heterocycles. The first-order valence-electron chi connectivity index (χ1n) is 6.97. The van der Waals surface area contributed by atoms with Crippen molar-refractivity contribution in [2.24, 2.45) is 0 Å². The maximum atomic E-state index is 11.8. The highest BCUT2D eigenvalue weighted by Crippen LogP contribution is 2.20. The quantitative estimate of drug-likeness (QED) is 0.745. The van der Waals surface area contributed by atoms with Gasteiger partial charge in [0, 0.05) is 13.5 Å². The number of hydrogen-bond donors (Lipinski definition) is 1. The Morgan fingerprint density at radius 3 is 2.67 bits per heavy atom. The number of likely N-dealkylation sites (N-methyl/N-ethyl adjacent to an activating group) is 1. The van der Waals surface area contributed by atoms with E-state index in [9.17, 15) is 4.79 Å². The number of ether oxygens (including phenoxy) is 3. The zero-order valence-corrected chi connectivity index (χ0v) is 13.4. The molecule has 21 heavy (non-hydrogen) atoms. The van der Waals surface area contributed by atoms with Gasteiger partial charge in [-0.2, -0.15) is 0 Å². The second-order valence-electron chi connectivity index (χ2n) is 5.29. The summed E-state index contributed by atoms with van der Waals surface area (Å²) in [5, 5.41) is 3.00. The lowest BCUT2D eigenvalue weighted by molar-refractivity contribution is -0.148. The molecule has 0 spiro atoms. The van der Waals surface area contributed by atoms with Gasteiger partial charge >= 0.3 is 5.97 Å². The molecule has 1 rings (SSSR count). The fraction of sp³-hybridized carbons (Fsp3) is 0.562. The van der Waals surface area contributed by atoms with E-state index in [1.54, 1.807) is 21.1 Å². The zero-order valence-electron chi connectivity index (χ0n) is 13.4. The summed E-state index contributed by atoms with van der Waals surface area (Å²) in [5.41, 5.74) is 0.282. The molecule has 1 aromatic rings. The minimum Gasteiger partial charge on any atom is -0.491 e. The lowest BCUT2D eigenvalue weighted by atomic mass is 9.95.